The zero-order valence-electron chi connectivity index (χ0n) is 17.3. The summed E-state index contributed by atoms with van der Waals surface area (Å²) in [5.74, 6) is 0.0289. The van der Waals surface area contributed by atoms with Gasteiger partial charge in [-0.1, -0.05) is 30.3 Å². The van der Waals surface area contributed by atoms with Crippen molar-refractivity contribution < 1.29 is 9.59 Å². The molecule has 2 atom stereocenters. The highest BCUT2D eigenvalue weighted by molar-refractivity contribution is 7.27. The fraction of sp³-hybridized carbons (Fsp3) is 0.240. The monoisotopic (exact) mass is 431 g/mol. The van der Waals surface area contributed by atoms with E-state index < -0.39 is 0 Å². The number of pyridine rings is 1. The minimum absolute atomic E-state index is 0.162. The van der Waals surface area contributed by atoms with Crippen LogP contribution in [-0.2, 0) is 11.2 Å². The van der Waals surface area contributed by atoms with Gasteiger partial charge < -0.3 is 10.2 Å². The summed E-state index contributed by atoms with van der Waals surface area (Å²) in [6.45, 7) is 0.818. The molecule has 0 radical (unpaired) electrons. The number of aryl methyl sites for hydroxylation is 1. The first-order valence-electron chi connectivity index (χ1n) is 10.6. The number of nitrogens with one attached hydrogen (secondary N) is 1. The third-order valence-electron chi connectivity index (χ3n) is 5.65. The van der Waals surface area contributed by atoms with Gasteiger partial charge in [-0.15, -0.1) is 9.24 Å². The van der Waals surface area contributed by atoms with Crippen LogP contribution in [0.5, 0.6) is 0 Å². The minimum Gasteiger partial charge on any atom is -0.336 e. The lowest BCUT2D eigenvalue weighted by Crippen LogP contribution is -2.30. The largest absolute Gasteiger partial charge is 0.336 e. The Hall–Kier alpha value is -3.04. The summed E-state index contributed by atoms with van der Waals surface area (Å²) in [4.78, 5) is 31.2. The molecule has 0 spiro atoms. The molecular formula is C25H26N3O2P. The Bertz CT molecular complexity index is 1050. The van der Waals surface area contributed by atoms with Crippen LogP contribution in [0, 0.1) is 0 Å². The molecule has 1 aliphatic heterocycles. The lowest BCUT2D eigenvalue weighted by atomic mass is 10.0. The zero-order valence-corrected chi connectivity index (χ0v) is 18.5. The van der Waals surface area contributed by atoms with E-state index in [0.29, 0.717) is 24.1 Å². The van der Waals surface area contributed by atoms with Gasteiger partial charge in [0.1, 0.15) is 0 Å². The molecule has 0 aliphatic carbocycles. The Morgan fingerprint density at radius 2 is 1.84 bits per heavy atom. The molecule has 0 saturated carbocycles. The third kappa shape index (κ3) is 5.36. The van der Waals surface area contributed by atoms with Gasteiger partial charge in [-0.05, 0) is 66.0 Å². The fourth-order valence-electron chi connectivity index (χ4n) is 4.03. The Kier molecular flexibility index (Phi) is 6.73. The van der Waals surface area contributed by atoms with Crippen LogP contribution in [-0.4, -0.2) is 28.2 Å². The molecule has 1 N–H and O–H groups in total. The summed E-state index contributed by atoms with van der Waals surface area (Å²) >= 11 is 0. The smallest absolute Gasteiger partial charge is 0.255 e. The number of aromatic nitrogens is 1. The number of amides is 2. The molecule has 3 aromatic rings. The summed E-state index contributed by atoms with van der Waals surface area (Å²) in [7, 11) is 2.73. The van der Waals surface area contributed by atoms with Gasteiger partial charge in [0.25, 0.3) is 5.91 Å². The van der Waals surface area contributed by atoms with Gasteiger partial charge in [0.05, 0.1) is 6.04 Å². The molecule has 6 heteroatoms. The predicted molar refractivity (Wildman–Crippen MR) is 126 cm³/mol. The molecule has 2 amide bonds. The molecular weight excluding hydrogens is 405 g/mol. The van der Waals surface area contributed by atoms with Gasteiger partial charge in [0, 0.05) is 36.6 Å². The topological polar surface area (TPSA) is 62.3 Å². The van der Waals surface area contributed by atoms with Gasteiger partial charge in [0.15, 0.2) is 0 Å². The fourth-order valence-corrected chi connectivity index (χ4v) is 4.34. The standard InChI is InChI=1S/C25H26N3O2P/c29-24(28-16-2-5-23(28)20-3-1-4-22(31)17-20)11-8-18-6-9-19(10-7-18)25(30)27-21-12-14-26-15-13-21/h1,3-4,6-7,9-10,12-15,17,23H,2,5,8,11,16,31H2,(H,26,27,30)/t23-/m0/s1. The number of benzene rings is 2. The molecule has 1 aliphatic rings. The zero-order chi connectivity index (χ0) is 21.6. The van der Waals surface area contributed by atoms with Crippen LogP contribution in [0.3, 0.4) is 0 Å². The van der Waals surface area contributed by atoms with E-state index in [1.807, 2.05) is 23.1 Å². The van der Waals surface area contributed by atoms with Gasteiger partial charge in [-0.25, -0.2) is 0 Å². The maximum atomic E-state index is 12.9. The normalized spacial score (nSPS) is 15.6. The Balaban J connectivity index is 1.33. The second-order valence-electron chi connectivity index (χ2n) is 7.80. The molecule has 0 bridgehead atoms. The van der Waals surface area contributed by atoms with Gasteiger partial charge >= 0.3 is 0 Å². The van der Waals surface area contributed by atoms with Crippen molar-refractivity contribution in [2.75, 3.05) is 11.9 Å². The number of hydrogen-bond acceptors (Lipinski definition) is 3. The average Bonchev–Trinajstić information content (AvgIpc) is 3.29. The van der Waals surface area contributed by atoms with Crippen molar-refractivity contribution in [2.24, 2.45) is 0 Å². The quantitative estimate of drug-likeness (QED) is 0.597. The van der Waals surface area contributed by atoms with Crippen molar-refractivity contribution in [1.82, 2.24) is 9.88 Å². The van der Waals surface area contributed by atoms with Crippen molar-refractivity contribution in [3.63, 3.8) is 0 Å². The van der Waals surface area contributed by atoms with Crippen molar-refractivity contribution in [3.8, 4) is 0 Å². The molecule has 1 aromatic heterocycles. The molecule has 2 aromatic carbocycles. The lowest BCUT2D eigenvalue weighted by molar-refractivity contribution is -0.132. The second-order valence-corrected chi connectivity index (χ2v) is 8.47. The molecule has 1 unspecified atom stereocenters. The Labute approximate surface area is 185 Å². The summed E-state index contributed by atoms with van der Waals surface area (Å²) in [5, 5.41) is 3.99. The number of hydrogen-bond donors (Lipinski definition) is 1. The van der Waals surface area contributed by atoms with Crippen molar-refractivity contribution >= 4 is 32.0 Å². The van der Waals surface area contributed by atoms with Gasteiger partial charge in [0.2, 0.25) is 5.91 Å². The number of likely N-dealkylation sites (tertiary alicyclic amines) is 1. The van der Waals surface area contributed by atoms with Crippen molar-refractivity contribution in [3.05, 3.63) is 89.7 Å². The summed E-state index contributed by atoms with van der Waals surface area (Å²) < 4.78 is 0. The predicted octanol–water partition coefficient (Wildman–Crippen LogP) is 4.13. The van der Waals surface area contributed by atoms with E-state index in [-0.39, 0.29) is 17.9 Å². The molecule has 1 fully saturated rings. The van der Waals surface area contributed by atoms with Crippen LogP contribution in [0.25, 0.3) is 0 Å². The maximum absolute atomic E-state index is 12.9. The van der Waals surface area contributed by atoms with E-state index >= 15 is 0 Å². The number of carbonyl (C=O) groups excluding carboxylic acids is 2. The number of rotatable bonds is 6. The Morgan fingerprint density at radius 1 is 1.06 bits per heavy atom. The minimum atomic E-state index is -0.162. The van der Waals surface area contributed by atoms with Gasteiger partial charge in [-0.3, -0.25) is 14.6 Å². The maximum Gasteiger partial charge on any atom is 0.255 e. The molecule has 5 nitrogen and oxygen atoms in total. The van der Waals surface area contributed by atoms with Crippen LogP contribution in [0.2, 0.25) is 0 Å². The summed E-state index contributed by atoms with van der Waals surface area (Å²) in [6.07, 6.45) is 6.47. The summed E-state index contributed by atoms with van der Waals surface area (Å²) in [5.41, 5.74) is 3.56. The van der Waals surface area contributed by atoms with E-state index in [9.17, 15) is 9.59 Å². The molecule has 158 valence electrons. The van der Waals surface area contributed by atoms with Crippen LogP contribution in [0.1, 0.15) is 46.8 Å². The molecule has 4 rings (SSSR count). The first-order chi connectivity index (χ1) is 15.1. The molecule has 1 saturated heterocycles. The first kappa shape index (κ1) is 21.2. The van der Waals surface area contributed by atoms with E-state index in [1.165, 1.54) is 5.56 Å². The van der Waals surface area contributed by atoms with Crippen LogP contribution in [0.4, 0.5) is 5.69 Å². The van der Waals surface area contributed by atoms with E-state index in [1.54, 1.807) is 36.7 Å². The van der Waals surface area contributed by atoms with E-state index in [0.717, 1.165) is 30.3 Å². The number of carbonyl (C=O) groups is 2. The van der Waals surface area contributed by atoms with Gasteiger partial charge in [-0.2, -0.15) is 0 Å². The number of nitrogens with zero attached hydrogens (tertiary/aromatic N) is 2. The van der Waals surface area contributed by atoms with Crippen molar-refractivity contribution in [1.29, 1.82) is 0 Å². The average molecular weight is 431 g/mol. The Morgan fingerprint density at radius 3 is 2.58 bits per heavy atom. The molecule has 31 heavy (non-hydrogen) atoms. The second kappa shape index (κ2) is 9.84. The lowest BCUT2D eigenvalue weighted by Gasteiger charge is -2.25. The van der Waals surface area contributed by atoms with E-state index in [2.05, 4.69) is 37.7 Å². The SMILES string of the molecule is O=C(Nc1ccncc1)c1ccc(CCC(=O)N2CCC[C@H]2c2cccc(P)c2)cc1. The van der Waals surface area contributed by atoms with Crippen LogP contribution in [0.15, 0.2) is 73.1 Å². The van der Waals surface area contributed by atoms with Crippen molar-refractivity contribution in [2.45, 2.75) is 31.7 Å². The molecule has 2 heterocycles. The summed E-state index contributed by atoms with van der Waals surface area (Å²) in [6, 6.07) is 19.5. The third-order valence-corrected chi connectivity index (χ3v) is 6.01. The highest BCUT2D eigenvalue weighted by atomic mass is 31.0. The highest BCUT2D eigenvalue weighted by Crippen LogP contribution is 2.32. The first-order valence-corrected chi connectivity index (χ1v) is 11.1. The van der Waals surface area contributed by atoms with Crippen LogP contribution >= 0.6 is 9.24 Å². The number of anilines is 1. The van der Waals surface area contributed by atoms with Crippen LogP contribution < -0.4 is 10.6 Å². The highest BCUT2D eigenvalue weighted by Gasteiger charge is 2.29. The van der Waals surface area contributed by atoms with E-state index in [4.69, 9.17) is 0 Å².